The Bertz CT molecular complexity index is 603. The van der Waals surface area contributed by atoms with Gasteiger partial charge in [-0.25, -0.2) is 9.59 Å². The van der Waals surface area contributed by atoms with Crippen LogP contribution >= 0.6 is 0 Å². The van der Waals surface area contributed by atoms with Crippen molar-refractivity contribution in [2.24, 2.45) is 11.8 Å². The Labute approximate surface area is 154 Å². The van der Waals surface area contributed by atoms with Crippen molar-refractivity contribution < 1.29 is 24.2 Å². The van der Waals surface area contributed by atoms with Crippen LogP contribution in [-0.4, -0.2) is 35.2 Å². The number of benzene rings is 1. The summed E-state index contributed by atoms with van der Waals surface area (Å²) >= 11 is 0. The largest absolute Gasteiger partial charge is 0.480 e. The molecule has 1 aromatic carbocycles. The molecule has 1 aromatic rings. The highest BCUT2D eigenvalue weighted by molar-refractivity contribution is 5.89. The average Bonchev–Trinajstić information content (AvgIpc) is 2.61. The van der Waals surface area contributed by atoms with Crippen molar-refractivity contribution in [3.63, 3.8) is 0 Å². The summed E-state index contributed by atoms with van der Waals surface area (Å²) in [5.74, 6) is -2.10. The second kappa shape index (κ2) is 10.4. The fraction of sp³-hybridized carbons (Fsp3) is 0.526. The predicted molar refractivity (Wildman–Crippen MR) is 97.4 cm³/mol. The zero-order valence-corrected chi connectivity index (χ0v) is 15.7. The molecule has 0 saturated heterocycles. The molecule has 3 N–H and O–H groups in total. The first-order valence-corrected chi connectivity index (χ1v) is 8.76. The summed E-state index contributed by atoms with van der Waals surface area (Å²) < 4.78 is 5.16. The number of hydrogen-bond donors (Lipinski definition) is 3. The maximum Gasteiger partial charge on any atom is 0.408 e. The molecule has 0 heterocycles. The number of aliphatic carboxylic acids is 1. The van der Waals surface area contributed by atoms with E-state index in [4.69, 9.17) is 4.74 Å². The van der Waals surface area contributed by atoms with Gasteiger partial charge < -0.3 is 20.5 Å². The van der Waals surface area contributed by atoms with Gasteiger partial charge in [-0.3, -0.25) is 4.79 Å². The van der Waals surface area contributed by atoms with Crippen LogP contribution in [-0.2, 0) is 20.9 Å². The lowest BCUT2D eigenvalue weighted by atomic mass is 9.97. The standard InChI is InChI=1S/C19H28N2O5/c1-5-13(4)16(17(22)20-15(12(2)3)18(23)24)21-19(25)26-11-14-9-7-6-8-10-14/h6-10,12-13,15-16H,5,11H2,1-4H3,(H,20,22)(H,21,25)(H,23,24). The van der Waals surface area contributed by atoms with E-state index in [1.165, 1.54) is 0 Å². The van der Waals surface area contributed by atoms with Crippen LogP contribution in [0.1, 0.15) is 39.7 Å². The van der Waals surface area contributed by atoms with E-state index < -0.39 is 30.1 Å². The van der Waals surface area contributed by atoms with Crippen molar-refractivity contribution in [1.82, 2.24) is 10.6 Å². The third-order valence-electron chi connectivity index (χ3n) is 4.21. The number of rotatable bonds is 9. The monoisotopic (exact) mass is 364 g/mol. The molecular weight excluding hydrogens is 336 g/mol. The number of nitrogens with one attached hydrogen (secondary N) is 2. The molecular formula is C19H28N2O5. The van der Waals surface area contributed by atoms with Crippen LogP contribution in [0.3, 0.4) is 0 Å². The summed E-state index contributed by atoms with van der Waals surface area (Å²) in [6, 6.07) is 7.30. The van der Waals surface area contributed by atoms with Crippen molar-refractivity contribution in [2.45, 2.75) is 52.8 Å². The number of hydrogen-bond acceptors (Lipinski definition) is 4. The highest BCUT2D eigenvalue weighted by Crippen LogP contribution is 2.11. The van der Waals surface area contributed by atoms with Crippen LogP contribution < -0.4 is 10.6 Å². The van der Waals surface area contributed by atoms with E-state index >= 15 is 0 Å². The van der Waals surface area contributed by atoms with E-state index in [1.54, 1.807) is 13.8 Å². The first-order chi connectivity index (χ1) is 12.3. The van der Waals surface area contributed by atoms with Gasteiger partial charge in [0.15, 0.2) is 0 Å². The maximum atomic E-state index is 12.5. The molecule has 0 fully saturated rings. The van der Waals surface area contributed by atoms with Gasteiger partial charge in [-0.05, 0) is 17.4 Å². The number of carbonyl (C=O) groups is 3. The first kappa shape index (κ1) is 21.5. The van der Waals surface area contributed by atoms with Crippen LogP contribution in [0, 0.1) is 11.8 Å². The van der Waals surface area contributed by atoms with Gasteiger partial charge in [-0.2, -0.15) is 0 Å². The molecule has 3 atom stereocenters. The average molecular weight is 364 g/mol. The first-order valence-electron chi connectivity index (χ1n) is 8.76. The van der Waals surface area contributed by atoms with E-state index in [9.17, 15) is 19.5 Å². The van der Waals surface area contributed by atoms with Gasteiger partial charge in [-0.1, -0.05) is 64.4 Å². The molecule has 0 radical (unpaired) electrons. The van der Waals surface area contributed by atoms with Crippen molar-refractivity contribution in [3.05, 3.63) is 35.9 Å². The topological polar surface area (TPSA) is 105 Å². The number of carboxylic acids is 1. The SMILES string of the molecule is CCC(C)C(NC(=O)OCc1ccccc1)C(=O)NC(C(=O)O)C(C)C. The summed E-state index contributed by atoms with van der Waals surface area (Å²) in [6.07, 6.45) is -0.0815. The predicted octanol–water partition coefficient (Wildman–Crippen LogP) is 2.55. The normalized spacial score (nSPS) is 14.2. The van der Waals surface area contributed by atoms with Crippen LogP contribution in [0.25, 0.3) is 0 Å². The minimum absolute atomic E-state index is 0.0886. The van der Waals surface area contributed by atoms with Crippen LogP contribution in [0.5, 0.6) is 0 Å². The Morgan fingerprint density at radius 2 is 1.65 bits per heavy atom. The fourth-order valence-electron chi connectivity index (χ4n) is 2.35. The highest BCUT2D eigenvalue weighted by atomic mass is 16.5. The molecule has 7 heteroatoms. The number of carboxylic acid groups (broad SMARTS) is 1. The van der Waals surface area contributed by atoms with E-state index in [0.717, 1.165) is 5.56 Å². The zero-order chi connectivity index (χ0) is 19.7. The van der Waals surface area contributed by atoms with Gasteiger partial charge in [0.25, 0.3) is 0 Å². The molecule has 0 aliphatic rings. The Kier molecular flexibility index (Phi) is 8.61. The van der Waals surface area contributed by atoms with Gasteiger partial charge in [0.05, 0.1) is 0 Å². The Morgan fingerprint density at radius 3 is 2.15 bits per heavy atom. The number of ether oxygens (including phenoxy) is 1. The van der Waals surface area contributed by atoms with Crippen molar-refractivity contribution >= 4 is 18.0 Å². The van der Waals surface area contributed by atoms with Crippen molar-refractivity contribution in [2.75, 3.05) is 0 Å². The molecule has 0 aliphatic carbocycles. The van der Waals surface area contributed by atoms with Gasteiger partial charge in [0.2, 0.25) is 5.91 Å². The molecule has 0 aromatic heterocycles. The molecule has 0 aliphatic heterocycles. The molecule has 0 spiro atoms. The molecule has 0 saturated carbocycles. The summed E-state index contributed by atoms with van der Waals surface area (Å²) in [6.45, 7) is 7.20. The second-order valence-corrected chi connectivity index (χ2v) is 6.64. The van der Waals surface area contributed by atoms with E-state index in [2.05, 4.69) is 10.6 Å². The highest BCUT2D eigenvalue weighted by Gasteiger charge is 2.31. The number of amides is 2. The van der Waals surface area contributed by atoms with Crippen molar-refractivity contribution in [1.29, 1.82) is 0 Å². The zero-order valence-electron chi connectivity index (χ0n) is 15.7. The Hall–Kier alpha value is -2.57. The van der Waals surface area contributed by atoms with E-state index in [1.807, 2.05) is 44.2 Å². The van der Waals surface area contributed by atoms with Gasteiger partial charge in [0.1, 0.15) is 18.7 Å². The third kappa shape index (κ3) is 6.74. The van der Waals surface area contributed by atoms with Gasteiger partial charge in [0, 0.05) is 0 Å². The van der Waals surface area contributed by atoms with Crippen LogP contribution in [0.2, 0.25) is 0 Å². The van der Waals surface area contributed by atoms with Gasteiger partial charge >= 0.3 is 12.1 Å². The summed E-state index contributed by atoms with van der Waals surface area (Å²) in [4.78, 5) is 35.9. The molecule has 26 heavy (non-hydrogen) atoms. The maximum absolute atomic E-state index is 12.5. The van der Waals surface area contributed by atoms with Gasteiger partial charge in [-0.15, -0.1) is 0 Å². The quantitative estimate of drug-likeness (QED) is 0.625. The summed E-state index contributed by atoms with van der Waals surface area (Å²) in [7, 11) is 0. The number of carbonyl (C=O) groups excluding carboxylic acids is 2. The summed E-state index contributed by atoms with van der Waals surface area (Å²) in [5, 5.41) is 14.3. The molecule has 144 valence electrons. The molecule has 0 bridgehead atoms. The molecule has 2 amide bonds. The Morgan fingerprint density at radius 1 is 1.04 bits per heavy atom. The Balaban J connectivity index is 2.71. The molecule has 7 nitrogen and oxygen atoms in total. The molecule has 3 unspecified atom stereocenters. The smallest absolute Gasteiger partial charge is 0.408 e. The lowest BCUT2D eigenvalue weighted by Crippen LogP contribution is -2.55. The summed E-state index contributed by atoms with van der Waals surface area (Å²) in [5.41, 5.74) is 0.831. The lowest BCUT2D eigenvalue weighted by molar-refractivity contribution is -0.143. The number of alkyl carbamates (subject to hydrolysis) is 1. The van der Waals surface area contributed by atoms with E-state index in [0.29, 0.717) is 6.42 Å². The third-order valence-corrected chi connectivity index (χ3v) is 4.21. The lowest BCUT2D eigenvalue weighted by Gasteiger charge is -2.26. The second-order valence-electron chi connectivity index (χ2n) is 6.64. The van der Waals surface area contributed by atoms with Crippen LogP contribution in [0.4, 0.5) is 4.79 Å². The van der Waals surface area contributed by atoms with Crippen LogP contribution in [0.15, 0.2) is 30.3 Å². The minimum Gasteiger partial charge on any atom is -0.480 e. The fourth-order valence-corrected chi connectivity index (χ4v) is 2.35. The van der Waals surface area contributed by atoms with Crippen molar-refractivity contribution in [3.8, 4) is 0 Å². The minimum atomic E-state index is -1.11. The molecule has 1 rings (SSSR count). The van der Waals surface area contributed by atoms with E-state index in [-0.39, 0.29) is 18.4 Å².